The Labute approximate surface area is 115 Å². The van der Waals surface area contributed by atoms with E-state index >= 15 is 0 Å². The van der Waals surface area contributed by atoms with E-state index in [1.807, 2.05) is 13.8 Å². The summed E-state index contributed by atoms with van der Waals surface area (Å²) in [5.74, 6) is 0.182. The van der Waals surface area contributed by atoms with Gasteiger partial charge in [0.05, 0.1) is 18.1 Å². The maximum atomic E-state index is 11.8. The van der Waals surface area contributed by atoms with Gasteiger partial charge in [-0.25, -0.2) is 8.42 Å². The summed E-state index contributed by atoms with van der Waals surface area (Å²) in [7, 11) is -2.92. The average molecular weight is 291 g/mol. The Morgan fingerprint density at radius 2 is 2.00 bits per heavy atom. The van der Waals surface area contributed by atoms with E-state index in [9.17, 15) is 18.3 Å². The molecular weight excluding hydrogens is 266 g/mol. The Kier molecular flexibility index (Phi) is 5.80. The Bertz CT molecular complexity index is 393. The lowest BCUT2D eigenvalue weighted by atomic mass is 9.83. The molecule has 0 bridgehead atoms. The number of amides is 1. The van der Waals surface area contributed by atoms with Crippen molar-refractivity contribution in [2.45, 2.75) is 39.5 Å². The Morgan fingerprint density at radius 3 is 2.42 bits per heavy atom. The topological polar surface area (TPSA) is 83.5 Å². The van der Waals surface area contributed by atoms with E-state index in [0.717, 1.165) is 12.8 Å². The largest absolute Gasteiger partial charge is 0.396 e. The summed E-state index contributed by atoms with van der Waals surface area (Å²) >= 11 is 0. The van der Waals surface area contributed by atoms with Gasteiger partial charge in [-0.3, -0.25) is 4.79 Å². The predicted molar refractivity (Wildman–Crippen MR) is 74.5 cm³/mol. The third-order valence-electron chi connectivity index (χ3n) is 4.30. The second kappa shape index (κ2) is 6.70. The molecule has 0 aromatic heterocycles. The lowest BCUT2D eigenvalue weighted by Gasteiger charge is -2.29. The van der Waals surface area contributed by atoms with Crippen LogP contribution in [0.15, 0.2) is 0 Å². The van der Waals surface area contributed by atoms with Crippen molar-refractivity contribution in [1.29, 1.82) is 0 Å². The van der Waals surface area contributed by atoms with Crippen LogP contribution in [-0.4, -0.2) is 44.1 Å². The second-order valence-corrected chi connectivity index (χ2v) is 7.84. The first-order chi connectivity index (χ1) is 8.86. The molecule has 1 saturated heterocycles. The van der Waals surface area contributed by atoms with Crippen molar-refractivity contribution in [2.75, 3.05) is 24.7 Å². The zero-order valence-electron chi connectivity index (χ0n) is 11.8. The maximum absolute atomic E-state index is 11.8. The fraction of sp³-hybridized carbons (Fsp3) is 0.923. The normalized spacial score (nSPS) is 22.4. The van der Waals surface area contributed by atoms with Gasteiger partial charge < -0.3 is 10.4 Å². The number of nitrogens with one attached hydrogen (secondary N) is 1. The summed E-state index contributed by atoms with van der Waals surface area (Å²) in [5.41, 5.74) is -0.253. The van der Waals surface area contributed by atoms with Crippen LogP contribution in [0.25, 0.3) is 0 Å². The summed E-state index contributed by atoms with van der Waals surface area (Å²) in [5, 5.41) is 12.2. The first-order valence-corrected chi connectivity index (χ1v) is 8.76. The molecule has 0 aromatic rings. The third kappa shape index (κ3) is 4.76. The van der Waals surface area contributed by atoms with Crippen molar-refractivity contribution in [3.8, 4) is 0 Å². The molecule has 1 rings (SSSR count). The number of aliphatic hydroxyl groups is 1. The second-order valence-electron chi connectivity index (χ2n) is 5.62. The molecule has 6 heteroatoms. The molecule has 5 nitrogen and oxygen atoms in total. The molecule has 1 aliphatic rings. The van der Waals surface area contributed by atoms with Crippen LogP contribution < -0.4 is 5.32 Å². The fourth-order valence-corrected chi connectivity index (χ4v) is 4.29. The van der Waals surface area contributed by atoms with E-state index in [1.54, 1.807) is 0 Å². The van der Waals surface area contributed by atoms with Gasteiger partial charge in [0, 0.05) is 18.4 Å². The quantitative estimate of drug-likeness (QED) is 0.724. The fourth-order valence-electron chi connectivity index (χ4n) is 2.43. The molecule has 1 atom stereocenters. The van der Waals surface area contributed by atoms with Crippen LogP contribution in [0.3, 0.4) is 0 Å². The standard InChI is InChI=1S/C13H25NO4S/c1-3-13(4-2,10-15)9-14-12(16)7-11-5-6-19(17,18)8-11/h11,15H,3-10H2,1-2H3,(H,14,16). The van der Waals surface area contributed by atoms with E-state index in [0.29, 0.717) is 13.0 Å². The highest BCUT2D eigenvalue weighted by molar-refractivity contribution is 7.91. The van der Waals surface area contributed by atoms with Crippen molar-refractivity contribution in [1.82, 2.24) is 5.32 Å². The van der Waals surface area contributed by atoms with Gasteiger partial charge in [-0.05, 0) is 25.2 Å². The third-order valence-corrected chi connectivity index (χ3v) is 6.13. The number of rotatable bonds is 7. The van der Waals surface area contributed by atoms with Gasteiger partial charge in [0.2, 0.25) is 5.91 Å². The minimum Gasteiger partial charge on any atom is -0.396 e. The molecule has 0 aromatic carbocycles. The van der Waals surface area contributed by atoms with Crippen LogP contribution in [0.1, 0.15) is 39.5 Å². The minimum absolute atomic E-state index is 0.0446. The molecule has 1 unspecified atom stereocenters. The number of aliphatic hydroxyl groups excluding tert-OH is 1. The molecule has 0 radical (unpaired) electrons. The zero-order chi connectivity index (χ0) is 14.5. The summed E-state index contributed by atoms with van der Waals surface area (Å²) in [6.45, 7) is 4.50. The molecule has 0 saturated carbocycles. The lowest BCUT2D eigenvalue weighted by Crippen LogP contribution is -2.39. The first kappa shape index (κ1) is 16.4. The molecular formula is C13H25NO4S. The van der Waals surface area contributed by atoms with Gasteiger partial charge in [-0.1, -0.05) is 13.8 Å². The van der Waals surface area contributed by atoms with Crippen LogP contribution in [0.5, 0.6) is 0 Å². The Hall–Kier alpha value is -0.620. The van der Waals surface area contributed by atoms with Crippen LogP contribution in [0, 0.1) is 11.3 Å². The van der Waals surface area contributed by atoms with Crippen molar-refractivity contribution in [3.05, 3.63) is 0 Å². The lowest BCUT2D eigenvalue weighted by molar-refractivity contribution is -0.122. The first-order valence-electron chi connectivity index (χ1n) is 6.94. The highest BCUT2D eigenvalue weighted by Crippen LogP contribution is 2.25. The average Bonchev–Trinajstić information content (AvgIpc) is 2.71. The van der Waals surface area contributed by atoms with Crippen molar-refractivity contribution in [3.63, 3.8) is 0 Å². The molecule has 1 aliphatic heterocycles. The molecule has 1 heterocycles. The highest BCUT2D eigenvalue weighted by Gasteiger charge is 2.30. The van der Waals surface area contributed by atoms with Gasteiger partial charge in [0.15, 0.2) is 9.84 Å². The monoisotopic (exact) mass is 291 g/mol. The van der Waals surface area contributed by atoms with Gasteiger partial charge in [-0.15, -0.1) is 0 Å². The zero-order valence-corrected chi connectivity index (χ0v) is 12.6. The van der Waals surface area contributed by atoms with E-state index in [1.165, 1.54) is 0 Å². The number of hydrogen-bond donors (Lipinski definition) is 2. The number of sulfone groups is 1. The summed E-state index contributed by atoms with van der Waals surface area (Å²) < 4.78 is 22.6. The predicted octanol–water partition coefficient (Wildman–Crippen LogP) is 0.726. The molecule has 0 aliphatic carbocycles. The molecule has 2 N–H and O–H groups in total. The summed E-state index contributed by atoms with van der Waals surface area (Å²) in [6.07, 6.45) is 2.47. The maximum Gasteiger partial charge on any atom is 0.220 e. The van der Waals surface area contributed by atoms with Crippen molar-refractivity contribution >= 4 is 15.7 Å². The molecule has 112 valence electrons. The van der Waals surface area contributed by atoms with E-state index < -0.39 is 9.84 Å². The van der Waals surface area contributed by atoms with E-state index in [2.05, 4.69) is 5.32 Å². The van der Waals surface area contributed by atoms with Gasteiger partial charge in [-0.2, -0.15) is 0 Å². The van der Waals surface area contributed by atoms with Crippen molar-refractivity contribution in [2.24, 2.45) is 11.3 Å². The summed E-state index contributed by atoms with van der Waals surface area (Å²) in [4.78, 5) is 11.8. The summed E-state index contributed by atoms with van der Waals surface area (Å²) in [6, 6.07) is 0. The Balaban J connectivity index is 2.40. The molecule has 19 heavy (non-hydrogen) atoms. The molecule has 1 amide bonds. The van der Waals surface area contributed by atoms with Crippen molar-refractivity contribution < 1.29 is 18.3 Å². The van der Waals surface area contributed by atoms with Crippen LogP contribution in [0.2, 0.25) is 0 Å². The van der Waals surface area contributed by atoms with Crippen LogP contribution in [-0.2, 0) is 14.6 Å². The number of carbonyl (C=O) groups is 1. The number of carbonyl (C=O) groups excluding carboxylic acids is 1. The van der Waals surface area contributed by atoms with Crippen LogP contribution >= 0.6 is 0 Å². The number of hydrogen-bond acceptors (Lipinski definition) is 4. The van der Waals surface area contributed by atoms with E-state index in [-0.39, 0.29) is 41.8 Å². The minimum atomic E-state index is -2.92. The highest BCUT2D eigenvalue weighted by atomic mass is 32.2. The van der Waals surface area contributed by atoms with Gasteiger partial charge >= 0.3 is 0 Å². The van der Waals surface area contributed by atoms with Gasteiger partial charge in [0.25, 0.3) is 0 Å². The molecule has 1 fully saturated rings. The Morgan fingerprint density at radius 1 is 1.37 bits per heavy atom. The smallest absolute Gasteiger partial charge is 0.220 e. The SMILES string of the molecule is CCC(CC)(CO)CNC(=O)CC1CCS(=O)(=O)C1. The van der Waals surface area contributed by atoms with Gasteiger partial charge in [0.1, 0.15) is 0 Å². The van der Waals surface area contributed by atoms with E-state index in [4.69, 9.17) is 0 Å². The molecule has 0 spiro atoms. The van der Waals surface area contributed by atoms with Crippen LogP contribution in [0.4, 0.5) is 0 Å².